The molecule has 0 spiro atoms. The summed E-state index contributed by atoms with van der Waals surface area (Å²) in [5.74, 6) is 0.465. The van der Waals surface area contributed by atoms with Crippen LogP contribution in [0.4, 0.5) is 4.39 Å². The molecule has 162 valence electrons. The molecule has 3 rings (SSSR count). The Bertz CT molecular complexity index is 986. The molecule has 3 N–H and O–H groups in total. The Kier molecular flexibility index (Phi) is 7.10. The Morgan fingerprint density at radius 1 is 1.10 bits per heavy atom. The van der Waals surface area contributed by atoms with E-state index >= 15 is 0 Å². The SMILES string of the molecule is CCNC(=NCc1ccc(CS(=O)(=O)NC)cc1)NCC1(c2cccc(F)c2)CC1. The van der Waals surface area contributed by atoms with Crippen LogP contribution < -0.4 is 15.4 Å². The number of guanidine groups is 1. The average Bonchev–Trinajstić information content (AvgIpc) is 3.52. The maximum atomic E-state index is 13.6. The van der Waals surface area contributed by atoms with Crippen LogP contribution in [-0.2, 0) is 27.7 Å². The lowest BCUT2D eigenvalue weighted by atomic mass is 9.96. The molecule has 0 aliphatic heterocycles. The van der Waals surface area contributed by atoms with Crippen LogP contribution in [-0.4, -0.2) is 34.5 Å². The van der Waals surface area contributed by atoms with Gasteiger partial charge in [-0.2, -0.15) is 0 Å². The minimum absolute atomic E-state index is 0.0290. The molecule has 30 heavy (non-hydrogen) atoms. The molecular weight excluding hydrogens is 403 g/mol. The molecule has 2 aromatic carbocycles. The number of aliphatic imine (C=N–C) groups is 1. The van der Waals surface area contributed by atoms with E-state index in [1.54, 1.807) is 12.1 Å². The molecule has 1 saturated carbocycles. The third kappa shape index (κ3) is 6.03. The molecule has 0 radical (unpaired) electrons. The third-order valence-corrected chi connectivity index (χ3v) is 6.67. The number of benzene rings is 2. The van der Waals surface area contributed by atoms with E-state index in [0.717, 1.165) is 36.1 Å². The van der Waals surface area contributed by atoms with Crippen LogP contribution in [0.1, 0.15) is 36.5 Å². The monoisotopic (exact) mass is 432 g/mol. The lowest BCUT2D eigenvalue weighted by Crippen LogP contribution is -2.41. The summed E-state index contributed by atoms with van der Waals surface area (Å²) in [6.07, 6.45) is 2.06. The van der Waals surface area contributed by atoms with Crippen molar-refractivity contribution in [3.8, 4) is 0 Å². The second kappa shape index (κ2) is 9.57. The van der Waals surface area contributed by atoms with Gasteiger partial charge in [0.15, 0.2) is 5.96 Å². The fraction of sp³-hybridized carbons (Fsp3) is 0.409. The molecule has 2 aromatic rings. The number of nitrogens with one attached hydrogen (secondary N) is 3. The van der Waals surface area contributed by atoms with E-state index in [4.69, 9.17) is 0 Å². The number of hydrogen-bond donors (Lipinski definition) is 3. The van der Waals surface area contributed by atoms with Gasteiger partial charge in [-0.3, -0.25) is 0 Å². The van der Waals surface area contributed by atoms with Gasteiger partial charge in [0.05, 0.1) is 12.3 Å². The molecule has 0 heterocycles. The van der Waals surface area contributed by atoms with Gasteiger partial charge in [-0.05, 0) is 55.6 Å². The maximum Gasteiger partial charge on any atom is 0.215 e. The van der Waals surface area contributed by atoms with Crippen molar-refractivity contribution >= 4 is 16.0 Å². The topological polar surface area (TPSA) is 82.6 Å². The number of nitrogens with zero attached hydrogens (tertiary/aromatic N) is 1. The lowest BCUT2D eigenvalue weighted by Gasteiger charge is -2.19. The Morgan fingerprint density at radius 2 is 1.80 bits per heavy atom. The van der Waals surface area contributed by atoms with Gasteiger partial charge in [-0.25, -0.2) is 22.5 Å². The largest absolute Gasteiger partial charge is 0.357 e. The highest BCUT2D eigenvalue weighted by Gasteiger charge is 2.44. The smallest absolute Gasteiger partial charge is 0.215 e. The van der Waals surface area contributed by atoms with E-state index < -0.39 is 10.0 Å². The highest BCUT2D eigenvalue weighted by atomic mass is 32.2. The first-order valence-corrected chi connectivity index (χ1v) is 11.8. The third-order valence-electron chi connectivity index (χ3n) is 5.34. The summed E-state index contributed by atoms with van der Waals surface area (Å²) in [4.78, 5) is 4.64. The Labute approximate surface area is 178 Å². The minimum atomic E-state index is -3.28. The van der Waals surface area contributed by atoms with Crippen molar-refractivity contribution in [1.29, 1.82) is 0 Å². The number of halogens is 1. The fourth-order valence-electron chi connectivity index (χ4n) is 3.33. The number of rotatable bonds is 9. The van der Waals surface area contributed by atoms with Crippen LogP contribution in [0, 0.1) is 5.82 Å². The summed E-state index contributed by atoms with van der Waals surface area (Å²) in [6, 6.07) is 14.2. The molecule has 8 heteroatoms. The predicted molar refractivity (Wildman–Crippen MR) is 118 cm³/mol. The first-order chi connectivity index (χ1) is 14.4. The van der Waals surface area contributed by atoms with E-state index in [0.29, 0.717) is 19.0 Å². The van der Waals surface area contributed by atoms with Crippen LogP contribution in [0.3, 0.4) is 0 Å². The highest BCUT2D eigenvalue weighted by Crippen LogP contribution is 2.47. The summed E-state index contributed by atoms with van der Waals surface area (Å²) in [6.45, 7) is 3.91. The van der Waals surface area contributed by atoms with Crippen LogP contribution >= 0.6 is 0 Å². The molecule has 6 nitrogen and oxygen atoms in total. The number of hydrogen-bond acceptors (Lipinski definition) is 3. The summed E-state index contributed by atoms with van der Waals surface area (Å²) in [5, 5.41) is 6.63. The summed E-state index contributed by atoms with van der Waals surface area (Å²) < 4.78 is 39.2. The minimum Gasteiger partial charge on any atom is -0.357 e. The molecule has 1 aliphatic rings. The van der Waals surface area contributed by atoms with Crippen molar-refractivity contribution < 1.29 is 12.8 Å². The van der Waals surface area contributed by atoms with E-state index in [2.05, 4.69) is 20.3 Å². The zero-order chi connectivity index (χ0) is 21.6. The van der Waals surface area contributed by atoms with Crippen LogP contribution in [0.5, 0.6) is 0 Å². The van der Waals surface area contributed by atoms with E-state index in [1.165, 1.54) is 13.1 Å². The molecule has 0 unspecified atom stereocenters. The first-order valence-electron chi connectivity index (χ1n) is 10.1. The Hall–Kier alpha value is -2.45. The molecule has 0 saturated heterocycles. The molecule has 1 fully saturated rings. The van der Waals surface area contributed by atoms with Gasteiger partial charge in [0.1, 0.15) is 5.82 Å². The van der Waals surface area contributed by atoms with Gasteiger partial charge in [0, 0.05) is 18.5 Å². The van der Waals surface area contributed by atoms with Crippen LogP contribution in [0.15, 0.2) is 53.5 Å². The van der Waals surface area contributed by atoms with E-state index in [1.807, 2.05) is 37.3 Å². The standard InChI is InChI=1S/C22H29FN4O2S/c1-3-25-21(27-16-22(11-12-22)19-5-4-6-20(23)13-19)26-14-17-7-9-18(10-8-17)15-30(28,29)24-2/h4-10,13,24H,3,11-12,14-16H2,1-2H3,(H2,25,26,27). The normalized spacial score (nSPS) is 15.6. The molecule has 1 aliphatic carbocycles. The average molecular weight is 433 g/mol. The maximum absolute atomic E-state index is 13.6. The molecule has 0 bridgehead atoms. The zero-order valence-electron chi connectivity index (χ0n) is 17.4. The van der Waals surface area contributed by atoms with Crippen molar-refractivity contribution in [2.75, 3.05) is 20.1 Å². The van der Waals surface area contributed by atoms with Crippen molar-refractivity contribution in [3.63, 3.8) is 0 Å². The summed E-state index contributed by atoms with van der Waals surface area (Å²) in [5.41, 5.74) is 2.72. The van der Waals surface area contributed by atoms with Crippen molar-refractivity contribution in [2.45, 2.75) is 37.5 Å². The van der Waals surface area contributed by atoms with Gasteiger partial charge in [-0.1, -0.05) is 36.4 Å². The fourth-order valence-corrected chi connectivity index (χ4v) is 4.11. The first kappa shape index (κ1) is 22.2. The van der Waals surface area contributed by atoms with Gasteiger partial charge >= 0.3 is 0 Å². The highest BCUT2D eigenvalue weighted by molar-refractivity contribution is 7.88. The molecule has 0 amide bonds. The van der Waals surface area contributed by atoms with Crippen molar-refractivity contribution in [3.05, 3.63) is 71.0 Å². The summed E-state index contributed by atoms with van der Waals surface area (Å²) in [7, 11) is -1.87. The van der Waals surface area contributed by atoms with Crippen LogP contribution in [0.25, 0.3) is 0 Å². The quantitative estimate of drug-likeness (QED) is 0.420. The van der Waals surface area contributed by atoms with Gasteiger partial charge in [0.2, 0.25) is 10.0 Å². The van der Waals surface area contributed by atoms with Gasteiger partial charge in [-0.15, -0.1) is 0 Å². The zero-order valence-corrected chi connectivity index (χ0v) is 18.2. The van der Waals surface area contributed by atoms with Gasteiger partial charge < -0.3 is 10.6 Å². The van der Waals surface area contributed by atoms with Crippen LogP contribution in [0.2, 0.25) is 0 Å². The molecule has 0 atom stereocenters. The Morgan fingerprint density at radius 3 is 2.40 bits per heavy atom. The van der Waals surface area contributed by atoms with Gasteiger partial charge in [0.25, 0.3) is 0 Å². The predicted octanol–water partition coefficient (Wildman–Crippen LogP) is 2.66. The second-order valence-electron chi connectivity index (χ2n) is 7.62. The second-order valence-corrected chi connectivity index (χ2v) is 9.55. The number of sulfonamides is 1. The summed E-state index contributed by atoms with van der Waals surface area (Å²) >= 11 is 0. The molecular formula is C22H29FN4O2S. The van der Waals surface area contributed by atoms with E-state index in [9.17, 15) is 12.8 Å². The Balaban J connectivity index is 1.61. The lowest BCUT2D eigenvalue weighted by molar-refractivity contribution is 0.587. The van der Waals surface area contributed by atoms with Crippen molar-refractivity contribution in [2.24, 2.45) is 4.99 Å². The van der Waals surface area contributed by atoms with E-state index in [-0.39, 0.29) is 17.0 Å². The molecule has 0 aromatic heterocycles. The van der Waals surface area contributed by atoms with Crippen molar-refractivity contribution in [1.82, 2.24) is 15.4 Å².